The minimum absolute atomic E-state index is 0.760. The van der Waals surface area contributed by atoms with E-state index in [0.717, 1.165) is 42.6 Å². The zero-order valence-corrected chi connectivity index (χ0v) is 19.2. The molecule has 1 aliphatic heterocycles. The molecule has 0 atom stereocenters. The summed E-state index contributed by atoms with van der Waals surface area (Å²) in [5.41, 5.74) is 3.20. The van der Waals surface area contributed by atoms with Crippen molar-refractivity contribution in [3.63, 3.8) is 0 Å². The van der Waals surface area contributed by atoms with Crippen LogP contribution in [0.15, 0.2) is 34.3 Å². The molecule has 154 valence electrons. The Balaban J connectivity index is 0.000000221. The number of hydrogen-bond donors (Lipinski definition) is 1. The van der Waals surface area contributed by atoms with Crippen molar-refractivity contribution in [3.05, 3.63) is 41.3 Å². The number of aromatic nitrogens is 2. The Morgan fingerprint density at radius 1 is 1.36 bits per heavy atom. The molecule has 0 unspecified atom stereocenters. The highest BCUT2D eigenvalue weighted by Gasteiger charge is 2.18. The van der Waals surface area contributed by atoms with Crippen molar-refractivity contribution in [2.45, 2.75) is 43.2 Å². The fraction of sp³-hybridized carbons (Fsp3) is 0.524. The van der Waals surface area contributed by atoms with Crippen LogP contribution in [0.2, 0.25) is 0 Å². The summed E-state index contributed by atoms with van der Waals surface area (Å²) in [5, 5.41) is 4.22. The molecular formula is C21H32N4OS2. The van der Waals surface area contributed by atoms with Gasteiger partial charge in [-0.3, -0.25) is 4.79 Å². The molecule has 1 fully saturated rings. The Bertz CT molecular complexity index is 755. The van der Waals surface area contributed by atoms with Gasteiger partial charge in [0, 0.05) is 43.5 Å². The number of nitrogens with zero attached hydrogens (tertiary/aromatic N) is 3. The van der Waals surface area contributed by atoms with Gasteiger partial charge in [0.15, 0.2) is 6.29 Å². The van der Waals surface area contributed by atoms with Gasteiger partial charge in [-0.1, -0.05) is 13.0 Å². The Morgan fingerprint density at radius 3 is 2.64 bits per heavy atom. The molecule has 0 spiro atoms. The van der Waals surface area contributed by atoms with Crippen molar-refractivity contribution < 1.29 is 4.79 Å². The minimum Gasteiger partial charge on any atom is -0.345 e. The SMILES string of the molecule is CNCc1cccnc1SC.Cc1c(SN2CCC(C)CC2)cc(C=O)n1C. The molecule has 1 N–H and O–H groups in total. The van der Waals surface area contributed by atoms with Gasteiger partial charge >= 0.3 is 0 Å². The lowest BCUT2D eigenvalue weighted by molar-refractivity contribution is 0.111. The number of carbonyl (C=O) groups is 1. The first kappa shape index (κ1) is 23.0. The number of piperidine rings is 1. The number of aldehydes is 1. The van der Waals surface area contributed by atoms with Gasteiger partial charge in [0.05, 0.1) is 5.69 Å². The molecule has 1 aliphatic rings. The third-order valence-electron chi connectivity index (χ3n) is 5.03. The quantitative estimate of drug-likeness (QED) is 0.424. The molecule has 2 aromatic rings. The number of hydrogen-bond acceptors (Lipinski definition) is 6. The number of thioether (sulfide) groups is 1. The first-order chi connectivity index (χ1) is 13.5. The van der Waals surface area contributed by atoms with Crippen molar-refractivity contribution in [2.24, 2.45) is 13.0 Å². The molecule has 3 rings (SSSR count). The van der Waals surface area contributed by atoms with Gasteiger partial charge in [-0.15, -0.1) is 11.8 Å². The zero-order chi connectivity index (χ0) is 20.5. The summed E-state index contributed by atoms with van der Waals surface area (Å²) in [5.74, 6) is 0.856. The summed E-state index contributed by atoms with van der Waals surface area (Å²) in [6.07, 6.45) is 7.35. The van der Waals surface area contributed by atoms with Crippen LogP contribution in [0.3, 0.4) is 0 Å². The van der Waals surface area contributed by atoms with Crippen molar-refractivity contribution in [1.82, 2.24) is 19.2 Å². The lowest BCUT2D eigenvalue weighted by atomic mass is 10.0. The van der Waals surface area contributed by atoms with Gasteiger partial charge in [0.1, 0.15) is 5.03 Å². The number of pyridine rings is 1. The molecule has 0 saturated carbocycles. The van der Waals surface area contributed by atoms with E-state index in [1.807, 2.05) is 43.2 Å². The fourth-order valence-corrected chi connectivity index (χ4v) is 4.73. The van der Waals surface area contributed by atoms with E-state index in [1.54, 1.807) is 23.7 Å². The maximum atomic E-state index is 10.9. The molecule has 5 nitrogen and oxygen atoms in total. The van der Waals surface area contributed by atoms with Crippen LogP contribution in [-0.4, -0.2) is 46.5 Å². The van der Waals surface area contributed by atoms with Crippen LogP contribution in [-0.2, 0) is 13.6 Å². The maximum Gasteiger partial charge on any atom is 0.166 e. The second-order valence-corrected chi connectivity index (χ2v) is 9.03. The van der Waals surface area contributed by atoms with Crippen LogP contribution in [0, 0.1) is 12.8 Å². The topological polar surface area (TPSA) is 50.2 Å². The van der Waals surface area contributed by atoms with E-state index < -0.39 is 0 Å². The van der Waals surface area contributed by atoms with Crippen LogP contribution in [0.1, 0.15) is 41.5 Å². The predicted molar refractivity (Wildman–Crippen MR) is 120 cm³/mol. The van der Waals surface area contributed by atoms with Crippen molar-refractivity contribution in [1.29, 1.82) is 0 Å². The maximum absolute atomic E-state index is 10.9. The molecule has 0 amide bonds. The first-order valence-electron chi connectivity index (χ1n) is 9.67. The van der Waals surface area contributed by atoms with Crippen LogP contribution < -0.4 is 5.32 Å². The van der Waals surface area contributed by atoms with Gasteiger partial charge in [-0.25, -0.2) is 9.29 Å². The van der Waals surface area contributed by atoms with Crippen LogP contribution >= 0.6 is 23.7 Å². The molecule has 0 radical (unpaired) electrons. The van der Waals surface area contributed by atoms with Gasteiger partial charge in [0.25, 0.3) is 0 Å². The van der Waals surface area contributed by atoms with Gasteiger partial charge in [0.2, 0.25) is 0 Å². The van der Waals surface area contributed by atoms with Crippen molar-refractivity contribution in [3.8, 4) is 0 Å². The highest BCUT2D eigenvalue weighted by atomic mass is 32.2. The normalized spacial score (nSPS) is 15.2. The third kappa shape index (κ3) is 6.37. The molecular weight excluding hydrogens is 388 g/mol. The summed E-state index contributed by atoms with van der Waals surface area (Å²) in [7, 11) is 3.89. The Labute approximate surface area is 177 Å². The number of rotatable bonds is 6. The zero-order valence-electron chi connectivity index (χ0n) is 17.6. The van der Waals surface area contributed by atoms with Crippen molar-refractivity contribution in [2.75, 3.05) is 26.4 Å². The van der Waals surface area contributed by atoms with E-state index in [9.17, 15) is 4.79 Å². The van der Waals surface area contributed by atoms with Crippen molar-refractivity contribution >= 4 is 30.0 Å². The average Bonchev–Trinajstić information content (AvgIpc) is 2.98. The van der Waals surface area contributed by atoms with Gasteiger partial charge in [-0.05, 0) is 68.6 Å². The smallest absolute Gasteiger partial charge is 0.166 e. The molecule has 7 heteroatoms. The van der Waals surface area contributed by atoms with E-state index in [1.165, 1.54) is 29.0 Å². The van der Waals surface area contributed by atoms with Gasteiger partial charge in [-0.2, -0.15) is 0 Å². The fourth-order valence-electron chi connectivity index (χ4n) is 3.05. The lowest BCUT2D eigenvalue weighted by Gasteiger charge is -2.28. The third-order valence-corrected chi connectivity index (χ3v) is 7.01. The van der Waals surface area contributed by atoms with Crippen LogP contribution in [0.4, 0.5) is 0 Å². The van der Waals surface area contributed by atoms with Gasteiger partial charge < -0.3 is 9.88 Å². The highest BCUT2D eigenvalue weighted by molar-refractivity contribution is 7.98. The monoisotopic (exact) mass is 420 g/mol. The van der Waals surface area contributed by atoms with E-state index in [-0.39, 0.29) is 0 Å². The molecule has 0 bridgehead atoms. The first-order valence-corrected chi connectivity index (χ1v) is 11.7. The van der Waals surface area contributed by atoms with E-state index in [0.29, 0.717) is 0 Å². The summed E-state index contributed by atoms with van der Waals surface area (Å²) in [6, 6.07) is 6.05. The minimum atomic E-state index is 0.760. The molecule has 28 heavy (non-hydrogen) atoms. The van der Waals surface area contributed by atoms with E-state index >= 15 is 0 Å². The van der Waals surface area contributed by atoms with Crippen LogP contribution in [0.5, 0.6) is 0 Å². The molecule has 1 saturated heterocycles. The van der Waals surface area contributed by atoms with Crippen LogP contribution in [0.25, 0.3) is 0 Å². The standard InChI is InChI=1S/C13H20N2OS.C8H12N2S/c1-10-4-6-15(7-5-10)17-13-8-12(9-16)14(3)11(13)2;1-9-6-7-4-3-5-10-8(7)11-2/h8-10H,4-7H2,1-3H3;3-5,9H,6H2,1-2H3. The van der Waals surface area contributed by atoms with E-state index in [4.69, 9.17) is 0 Å². The second-order valence-electron chi connectivity index (χ2n) is 7.10. The summed E-state index contributed by atoms with van der Waals surface area (Å²) >= 11 is 3.48. The summed E-state index contributed by atoms with van der Waals surface area (Å²) < 4.78 is 4.37. The summed E-state index contributed by atoms with van der Waals surface area (Å²) in [6.45, 7) is 7.58. The summed E-state index contributed by atoms with van der Waals surface area (Å²) in [4.78, 5) is 16.3. The Morgan fingerprint density at radius 2 is 2.07 bits per heavy atom. The molecule has 3 heterocycles. The Kier molecular flexibility index (Phi) is 9.58. The highest BCUT2D eigenvalue weighted by Crippen LogP contribution is 2.31. The predicted octanol–water partition coefficient (Wildman–Crippen LogP) is 4.41. The largest absolute Gasteiger partial charge is 0.345 e. The number of carbonyl (C=O) groups excluding carboxylic acids is 1. The second kappa shape index (κ2) is 11.7. The average molecular weight is 421 g/mol. The Hall–Kier alpha value is -1.28. The molecule has 2 aromatic heterocycles. The lowest BCUT2D eigenvalue weighted by Crippen LogP contribution is -2.27. The number of nitrogens with one attached hydrogen (secondary N) is 1. The molecule has 0 aromatic carbocycles. The molecule has 0 aliphatic carbocycles. The van der Waals surface area contributed by atoms with E-state index in [2.05, 4.69) is 34.5 Å².